The Kier molecular flexibility index (Phi) is 3.60. The van der Waals surface area contributed by atoms with Crippen molar-refractivity contribution in [2.75, 3.05) is 0 Å². The number of rotatable bonds is 6. The van der Waals surface area contributed by atoms with Gasteiger partial charge in [-0.25, -0.2) is 4.39 Å². The number of benzene rings is 1. The van der Waals surface area contributed by atoms with Gasteiger partial charge in [0.1, 0.15) is 5.82 Å². The lowest BCUT2D eigenvalue weighted by molar-refractivity contribution is -0.137. The van der Waals surface area contributed by atoms with Gasteiger partial charge in [-0.3, -0.25) is 9.59 Å². The van der Waals surface area contributed by atoms with Gasteiger partial charge in [-0.1, -0.05) is 12.1 Å². The normalized spacial score (nSPS) is 16.1. The smallest absolute Gasteiger partial charge is 0.305 e. The van der Waals surface area contributed by atoms with Crippen LogP contribution in [0, 0.1) is 5.82 Å². The average molecular weight is 251 g/mol. The lowest BCUT2D eigenvalue weighted by Gasteiger charge is -2.16. The molecule has 18 heavy (non-hydrogen) atoms. The van der Waals surface area contributed by atoms with Crippen molar-refractivity contribution in [3.63, 3.8) is 0 Å². The second-order valence-electron chi connectivity index (χ2n) is 4.49. The van der Waals surface area contributed by atoms with Crippen molar-refractivity contribution in [2.24, 2.45) is 0 Å². The van der Waals surface area contributed by atoms with E-state index in [-0.39, 0.29) is 12.0 Å². The molecule has 0 aliphatic heterocycles. The second kappa shape index (κ2) is 5.16. The van der Waals surface area contributed by atoms with Crippen molar-refractivity contribution in [3.8, 4) is 0 Å². The minimum atomic E-state index is -1.08. The molecule has 1 aliphatic carbocycles. The second-order valence-corrected chi connectivity index (χ2v) is 4.49. The zero-order valence-electron chi connectivity index (χ0n) is 9.73. The number of hydrogen-bond acceptors (Lipinski definition) is 2. The van der Waals surface area contributed by atoms with Gasteiger partial charge in [-0.05, 0) is 30.4 Å². The number of nitrogens with one attached hydrogen (secondary N) is 1. The Labute approximate surface area is 104 Å². The van der Waals surface area contributed by atoms with Crippen LogP contribution in [-0.2, 0) is 9.59 Å². The molecule has 2 rings (SSSR count). The standard InChI is InChI=1S/C13H14FNO3/c14-11-4-3-9(8-1-2-8)5-10(11)12(15-7-16)6-13(17)18/h3-5,7-8,12H,1-2,6H2,(H,15,16)(H,17,18). The first kappa shape index (κ1) is 12.5. The van der Waals surface area contributed by atoms with Crippen LogP contribution in [-0.4, -0.2) is 17.5 Å². The summed E-state index contributed by atoms with van der Waals surface area (Å²) < 4.78 is 13.7. The lowest BCUT2D eigenvalue weighted by Crippen LogP contribution is -2.23. The van der Waals surface area contributed by atoms with Crippen molar-refractivity contribution in [2.45, 2.75) is 31.2 Å². The average Bonchev–Trinajstić information content (AvgIpc) is 3.12. The zero-order valence-corrected chi connectivity index (χ0v) is 9.73. The molecule has 0 radical (unpaired) electrons. The summed E-state index contributed by atoms with van der Waals surface area (Å²) in [6.07, 6.45) is 2.23. The molecular weight excluding hydrogens is 237 g/mol. The highest BCUT2D eigenvalue weighted by atomic mass is 19.1. The van der Waals surface area contributed by atoms with Crippen LogP contribution >= 0.6 is 0 Å². The summed E-state index contributed by atoms with van der Waals surface area (Å²) in [4.78, 5) is 21.2. The molecule has 2 N–H and O–H groups in total. The molecule has 0 saturated heterocycles. The molecule has 0 spiro atoms. The van der Waals surface area contributed by atoms with E-state index in [0.717, 1.165) is 18.4 Å². The maximum Gasteiger partial charge on any atom is 0.305 e. The maximum atomic E-state index is 13.7. The van der Waals surface area contributed by atoms with E-state index in [1.165, 1.54) is 6.07 Å². The Balaban J connectivity index is 2.28. The molecule has 96 valence electrons. The van der Waals surface area contributed by atoms with E-state index in [2.05, 4.69) is 5.32 Å². The third-order valence-corrected chi connectivity index (χ3v) is 3.09. The quantitative estimate of drug-likeness (QED) is 0.759. The fourth-order valence-electron chi connectivity index (χ4n) is 2.02. The summed E-state index contributed by atoms with van der Waals surface area (Å²) in [5, 5.41) is 11.1. The van der Waals surface area contributed by atoms with Gasteiger partial charge in [0.25, 0.3) is 0 Å². The van der Waals surface area contributed by atoms with E-state index in [1.807, 2.05) is 0 Å². The van der Waals surface area contributed by atoms with E-state index in [4.69, 9.17) is 5.11 Å². The summed E-state index contributed by atoms with van der Waals surface area (Å²) in [6, 6.07) is 3.90. The molecule has 1 aromatic carbocycles. The van der Waals surface area contributed by atoms with Gasteiger partial charge in [0, 0.05) is 5.56 Å². The number of amides is 1. The van der Waals surface area contributed by atoms with Gasteiger partial charge < -0.3 is 10.4 Å². The van der Waals surface area contributed by atoms with Crippen molar-refractivity contribution >= 4 is 12.4 Å². The fourth-order valence-corrected chi connectivity index (χ4v) is 2.02. The van der Waals surface area contributed by atoms with Crippen LogP contribution in [0.5, 0.6) is 0 Å². The van der Waals surface area contributed by atoms with E-state index >= 15 is 0 Å². The van der Waals surface area contributed by atoms with E-state index in [9.17, 15) is 14.0 Å². The number of carboxylic acids is 1. The fraction of sp³-hybridized carbons (Fsp3) is 0.385. The van der Waals surface area contributed by atoms with Crippen molar-refractivity contribution in [1.82, 2.24) is 5.32 Å². The van der Waals surface area contributed by atoms with Gasteiger partial charge >= 0.3 is 5.97 Å². The lowest BCUT2D eigenvalue weighted by atomic mass is 9.99. The Morgan fingerprint density at radius 1 is 1.56 bits per heavy atom. The number of hydrogen-bond donors (Lipinski definition) is 2. The SMILES string of the molecule is O=CNC(CC(=O)O)c1cc(C2CC2)ccc1F. The third-order valence-electron chi connectivity index (χ3n) is 3.09. The van der Waals surface area contributed by atoms with Crippen LogP contribution in [0.3, 0.4) is 0 Å². The van der Waals surface area contributed by atoms with Crippen LogP contribution in [0.25, 0.3) is 0 Å². The monoisotopic (exact) mass is 251 g/mol. The Bertz CT molecular complexity index is 471. The minimum Gasteiger partial charge on any atom is -0.481 e. The molecule has 1 aliphatic rings. The van der Waals surface area contributed by atoms with Crippen LogP contribution in [0.2, 0.25) is 0 Å². The topological polar surface area (TPSA) is 66.4 Å². The highest BCUT2D eigenvalue weighted by Gasteiger charge is 2.26. The van der Waals surface area contributed by atoms with Gasteiger partial charge in [0.15, 0.2) is 0 Å². The predicted octanol–water partition coefficient (Wildman–Crippen LogP) is 1.96. The maximum absolute atomic E-state index is 13.7. The molecular formula is C13H14FNO3. The van der Waals surface area contributed by atoms with Crippen molar-refractivity contribution in [1.29, 1.82) is 0 Å². The molecule has 0 bridgehead atoms. The van der Waals surface area contributed by atoms with Crippen LogP contribution < -0.4 is 5.32 Å². The molecule has 5 heteroatoms. The van der Waals surface area contributed by atoms with Gasteiger partial charge in [-0.2, -0.15) is 0 Å². The predicted molar refractivity (Wildman–Crippen MR) is 62.6 cm³/mol. The Morgan fingerprint density at radius 2 is 2.28 bits per heavy atom. The number of halogens is 1. The van der Waals surface area contributed by atoms with Crippen molar-refractivity contribution in [3.05, 3.63) is 35.1 Å². The third kappa shape index (κ3) is 2.85. The van der Waals surface area contributed by atoms with Gasteiger partial charge in [-0.15, -0.1) is 0 Å². The summed E-state index contributed by atoms with van der Waals surface area (Å²) in [6.45, 7) is 0. The number of aliphatic carboxylic acids is 1. The first-order valence-electron chi connectivity index (χ1n) is 5.82. The summed E-state index contributed by atoms with van der Waals surface area (Å²) in [5.41, 5.74) is 1.25. The summed E-state index contributed by atoms with van der Waals surface area (Å²) in [7, 11) is 0. The number of carboxylic acid groups (broad SMARTS) is 1. The van der Waals surface area contributed by atoms with E-state index in [0.29, 0.717) is 12.3 Å². The highest BCUT2D eigenvalue weighted by molar-refractivity contribution is 5.68. The molecule has 4 nitrogen and oxygen atoms in total. The molecule has 1 saturated carbocycles. The van der Waals surface area contributed by atoms with E-state index in [1.54, 1.807) is 12.1 Å². The van der Waals surface area contributed by atoms with Crippen LogP contribution in [0.4, 0.5) is 4.39 Å². The molecule has 1 fully saturated rings. The van der Waals surface area contributed by atoms with Crippen LogP contribution in [0.1, 0.15) is 42.3 Å². The first-order chi connectivity index (χ1) is 8.61. The Morgan fingerprint density at radius 3 is 2.83 bits per heavy atom. The van der Waals surface area contributed by atoms with Crippen LogP contribution in [0.15, 0.2) is 18.2 Å². The summed E-state index contributed by atoms with van der Waals surface area (Å²) >= 11 is 0. The summed E-state index contributed by atoms with van der Waals surface area (Å²) in [5.74, 6) is -1.11. The first-order valence-corrected chi connectivity index (χ1v) is 5.82. The molecule has 0 heterocycles. The minimum absolute atomic E-state index is 0.244. The molecule has 1 unspecified atom stereocenters. The van der Waals surface area contributed by atoms with E-state index < -0.39 is 17.8 Å². The molecule has 0 aromatic heterocycles. The van der Waals surface area contributed by atoms with Gasteiger partial charge in [0.05, 0.1) is 12.5 Å². The molecule has 1 aromatic rings. The molecule has 1 amide bonds. The Hall–Kier alpha value is -1.91. The zero-order chi connectivity index (χ0) is 13.1. The number of carbonyl (C=O) groups excluding carboxylic acids is 1. The molecule has 1 atom stereocenters. The van der Waals surface area contributed by atoms with Crippen molar-refractivity contribution < 1.29 is 19.1 Å². The van der Waals surface area contributed by atoms with Gasteiger partial charge in [0.2, 0.25) is 6.41 Å². The number of carbonyl (C=O) groups is 2. The largest absolute Gasteiger partial charge is 0.481 e. The highest BCUT2D eigenvalue weighted by Crippen LogP contribution is 2.41.